The number of hydrogen-bond acceptors (Lipinski definition) is 4. The van der Waals surface area contributed by atoms with Crippen molar-refractivity contribution >= 4 is 5.91 Å². The van der Waals surface area contributed by atoms with Gasteiger partial charge in [0, 0.05) is 38.4 Å². The summed E-state index contributed by atoms with van der Waals surface area (Å²) >= 11 is 0. The Morgan fingerprint density at radius 2 is 2.15 bits per heavy atom. The van der Waals surface area contributed by atoms with Gasteiger partial charge in [0.05, 0.1) is 0 Å². The molecule has 0 radical (unpaired) electrons. The molecule has 0 aliphatic carbocycles. The van der Waals surface area contributed by atoms with Crippen LogP contribution in [0, 0.1) is 0 Å². The topological polar surface area (TPSA) is 48.5 Å². The van der Waals surface area contributed by atoms with Crippen molar-refractivity contribution in [2.45, 2.75) is 19.4 Å². The zero-order valence-electron chi connectivity index (χ0n) is 12.8. The standard InChI is InChI=1S/C15H26N4O/c1-16-8-5-7-15(20)19(11-10-18(2)3)13-14-6-4-9-17-12-14/h4,6,9,12,16H,5,7-8,10-11,13H2,1-3H3. The van der Waals surface area contributed by atoms with E-state index >= 15 is 0 Å². The Morgan fingerprint density at radius 1 is 1.35 bits per heavy atom. The number of pyridine rings is 1. The van der Waals surface area contributed by atoms with E-state index in [0.29, 0.717) is 13.0 Å². The molecule has 1 aromatic heterocycles. The van der Waals surface area contributed by atoms with Gasteiger partial charge in [-0.15, -0.1) is 0 Å². The lowest BCUT2D eigenvalue weighted by molar-refractivity contribution is -0.132. The molecule has 5 heteroatoms. The molecule has 0 spiro atoms. The Kier molecular flexibility index (Phi) is 7.84. The van der Waals surface area contributed by atoms with Crippen molar-refractivity contribution in [1.82, 2.24) is 20.1 Å². The van der Waals surface area contributed by atoms with E-state index in [4.69, 9.17) is 0 Å². The van der Waals surface area contributed by atoms with Crippen molar-refractivity contribution in [1.29, 1.82) is 0 Å². The predicted molar refractivity (Wildman–Crippen MR) is 81.4 cm³/mol. The minimum absolute atomic E-state index is 0.214. The van der Waals surface area contributed by atoms with Crippen molar-refractivity contribution in [3.63, 3.8) is 0 Å². The summed E-state index contributed by atoms with van der Waals surface area (Å²) in [6.45, 7) is 3.14. The highest BCUT2D eigenvalue weighted by Gasteiger charge is 2.13. The summed E-state index contributed by atoms with van der Waals surface area (Å²) in [5.41, 5.74) is 1.08. The van der Waals surface area contributed by atoms with Gasteiger partial charge in [0.25, 0.3) is 0 Å². The summed E-state index contributed by atoms with van der Waals surface area (Å²) in [4.78, 5) is 20.4. The van der Waals surface area contributed by atoms with Crippen LogP contribution in [0.2, 0.25) is 0 Å². The number of aromatic nitrogens is 1. The highest BCUT2D eigenvalue weighted by atomic mass is 16.2. The number of amides is 1. The maximum Gasteiger partial charge on any atom is 0.222 e. The normalized spacial score (nSPS) is 10.8. The van der Waals surface area contributed by atoms with Crippen LogP contribution in [0.1, 0.15) is 18.4 Å². The largest absolute Gasteiger partial charge is 0.337 e. The van der Waals surface area contributed by atoms with E-state index in [9.17, 15) is 4.79 Å². The second-order valence-electron chi connectivity index (χ2n) is 5.19. The van der Waals surface area contributed by atoms with Gasteiger partial charge in [0.2, 0.25) is 5.91 Å². The van der Waals surface area contributed by atoms with Gasteiger partial charge in [-0.1, -0.05) is 6.07 Å². The molecule has 0 bridgehead atoms. The average molecular weight is 278 g/mol. The molecule has 5 nitrogen and oxygen atoms in total. The molecule has 0 fully saturated rings. The van der Waals surface area contributed by atoms with Crippen LogP contribution < -0.4 is 5.32 Å². The van der Waals surface area contributed by atoms with Gasteiger partial charge in [-0.2, -0.15) is 0 Å². The SMILES string of the molecule is CNCCCC(=O)N(CCN(C)C)Cc1cccnc1. The Morgan fingerprint density at radius 3 is 2.75 bits per heavy atom. The molecule has 0 saturated heterocycles. The summed E-state index contributed by atoms with van der Waals surface area (Å²) in [5, 5.41) is 3.07. The van der Waals surface area contributed by atoms with E-state index in [1.165, 1.54) is 0 Å². The first-order valence-electron chi connectivity index (χ1n) is 7.09. The lowest BCUT2D eigenvalue weighted by atomic mass is 10.2. The second kappa shape index (κ2) is 9.44. The Bertz CT molecular complexity index is 381. The van der Waals surface area contributed by atoms with Gasteiger partial charge in [0.1, 0.15) is 0 Å². The molecular formula is C15H26N4O. The van der Waals surface area contributed by atoms with Crippen LogP contribution in [-0.2, 0) is 11.3 Å². The van der Waals surface area contributed by atoms with E-state index < -0.39 is 0 Å². The lowest BCUT2D eigenvalue weighted by Crippen LogP contribution is -2.36. The summed E-state index contributed by atoms with van der Waals surface area (Å²) in [5.74, 6) is 0.214. The smallest absolute Gasteiger partial charge is 0.222 e. The first kappa shape index (κ1) is 16.6. The molecular weight excluding hydrogens is 252 g/mol. The van der Waals surface area contributed by atoms with Crippen LogP contribution >= 0.6 is 0 Å². The number of rotatable bonds is 9. The van der Waals surface area contributed by atoms with Gasteiger partial charge in [-0.25, -0.2) is 0 Å². The third kappa shape index (κ3) is 6.63. The first-order chi connectivity index (χ1) is 9.63. The highest BCUT2D eigenvalue weighted by Crippen LogP contribution is 2.06. The van der Waals surface area contributed by atoms with E-state index in [2.05, 4.69) is 15.2 Å². The lowest BCUT2D eigenvalue weighted by Gasteiger charge is -2.24. The van der Waals surface area contributed by atoms with Crippen molar-refractivity contribution in [2.75, 3.05) is 40.8 Å². The van der Waals surface area contributed by atoms with E-state index in [-0.39, 0.29) is 5.91 Å². The Balaban J connectivity index is 2.57. The Labute approximate surface area is 122 Å². The van der Waals surface area contributed by atoms with Crippen LogP contribution in [-0.4, -0.2) is 61.5 Å². The van der Waals surface area contributed by atoms with Crippen LogP contribution in [0.3, 0.4) is 0 Å². The molecule has 0 aromatic carbocycles. The van der Waals surface area contributed by atoms with Crippen LogP contribution in [0.15, 0.2) is 24.5 Å². The van der Waals surface area contributed by atoms with Gasteiger partial charge in [-0.05, 0) is 45.7 Å². The monoisotopic (exact) mass is 278 g/mol. The fourth-order valence-electron chi connectivity index (χ4n) is 1.90. The van der Waals surface area contributed by atoms with Gasteiger partial charge < -0.3 is 15.1 Å². The maximum absolute atomic E-state index is 12.3. The zero-order chi connectivity index (χ0) is 14.8. The predicted octanol–water partition coefficient (Wildman–Crippen LogP) is 0.971. The molecule has 20 heavy (non-hydrogen) atoms. The molecule has 0 atom stereocenters. The van der Waals surface area contributed by atoms with Crippen molar-refractivity contribution in [3.05, 3.63) is 30.1 Å². The summed E-state index contributed by atoms with van der Waals surface area (Å²) in [6, 6.07) is 3.92. The number of carbonyl (C=O) groups is 1. The third-order valence-corrected chi connectivity index (χ3v) is 3.08. The second-order valence-corrected chi connectivity index (χ2v) is 5.19. The molecule has 112 valence electrons. The maximum atomic E-state index is 12.3. The number of nitrogens with zero attached hydrogens (tertiary/aromatic N) is 3. The van der Waals surface area contributed by atoms with Crippen molar-refractivity contribution in [3.8, 4) is 0 Å². The number of nitrogens with one attached hydrogen (secondary N) is 1. The molecule has 0 unspecified atom stereocenters. The molecule has 0 aliphatic rings. The van der Waals surface area contributed by atoms with E-state index in [1.807, 2.05) is 44.4 Å². The van der Waals surface area contributed by atoms with Gasteiger partial charge >= 0.3 is 0 Å². The summed E-state index contributed by atoms with van der Waals surface area (Å²) in [6.07, 6.45) is 5.04. The van der Waals surface area contributed by atoms with Crippen LogP contribution in [0.4, 0.5) is 0 Å². The summed E-state index contributed by atoms with van der Waals surface area (Å²) < 4.78 is 0. The molecule has 0 saturated carbocycles. The highest BCUT2D eigenvalue weighted by molar-refractivity contribution is 5.76. The molecule has 1 amide bonds. The molecule has 1 N–H and O–H groups in total. The molecule has 0 aliphatic heterocycles. The number of likely N-dealkylation sites (N-methyl/N-ethyl adjacent to an activating group) is 1. The van der Waals surface area contributed by atoms with Gasteiger partial charge in [0.15, 0.2) is 0 Å². The first-order valence-corrected chi connectivity index (χ1v) is 7.09. The number of carbonyl (C=O) groups excluding carboxylic acids is 1. The minimum Gasteiger partial charge on any atom is -0.337 e. The third-order valence-electron chi connectivity index (χ3n) is 3.08. The zero-order valence-corrected chi connectivity index (χ0v) is 12.8. The van der Waals surface area contributed by atoms with E-state index in [1.54, 1.807) is 6.20 Å². The molecule has 1 heterocycles. The van der Waals surface area contributed by atoms with Crippen LogP contribution in [0.25, 0.3) is 0 Å². The fourth-order valence-corrected chi connectivity index (χ4v) is 1.90. The van der Waals surface area contributed by atoms with Gasteiger partial charge in [-0.3, -0.25) is 9.78 Å². The quantitative estimate of drug-likeness (QED) is 0.684. The Hall–Kier alpha value is -1.46. The average Bonchev–Trinajstić information content (AvgIpc) is 2.44. The summed E-state index contributed by atoms with van der Waals surface area (Å²) in [7, 11) is 5.95. The van der Waals surface area contributed by atoms with Crippen molar-refractivity contribution in [2.24, 2.45) is 0 Å². The van der Waals surface area contributed by atoms with Crippen LogP contribution in [0.5, 0.6) is 0 Å². The minimum atomic E-state index is 0.214. The molecule has 1 aromatic rings. The number of hydrogen-bond donors (Lipinski definition) is 1. The van der Waals surface area contributed by atoms with E-state index in [0.717, 1.165) is 31.6 Å². The fraction of sp³-hybridized carbons (Fsp3) is 0.600. The molecule has 1 rings (SSSR count). The van der Waals surface area contributed by atoms with Crippen molar-refractivity contribution < 1.29 is 4.79 Å².